The van der Waals surface area contributed by atoms with Crippen molar-refractivity contribution in [3.63, 3.8) is 0 Å². The second-order valence-electron chi connectivity index (χ2n) is 3.82. The monoisotopic (exact) mass is 262 g/mol. The van der Waals surface area contributed by atoms with E-state index < -0.39 is 6.04 Å². The summed E-state index contributed by atoms with van der Waals surface area (Å²) in [6.45, 7) is 1.99. The Bertz CT molecular complexity index is 526. The van der Waals surface area contributed by atoms with Gasteiger partial charge < -0.3 is 10.1 Å². The van der Waals surface area contributed by atoms with Gasteiger partial charge in [0.1, 0.15) is 0 Å². The van der Waals surface area contributed by atoms with Crippen molar-refractivity contribution in [3.8, 4) is 0 Å². The highest BCUT2D eigenvalue weighted by Gasteiger charge is 2.23. The van der Waals surface area contributed by atoms with Crippen LogP contribution in [0.4, 0.5) is 5.69 Å². The number of hydrogen-bond acceptors (Lipinski definition) is 5. The van der Waals surface area contributed by atoms with Crippen LogP contribution < -0.4 is 5.32 Å². The Balaban J connectivity index is 2.26. The standard InChI is InChI=1S/C13H14N2O2S/c1-9-5-3-4-6-10(9)15-12(13(16)17-2)11-7-14-8-18-11/h3-8,12,15H,1-2H3. The third-order valence-electron chi connectivity index (χ3n) is 2.62. The summed E-state index contributed by atoms with van der Waals surface area (Å²) in [5, 5.41) is 3.20. The van der Waals surface area contributed by atoms with Gasteiger partial charge in [-0.05, 0) is 18.6 Å². The first-order valence-electron chi connectivity index (χ1n) is 5.50. The van der Waals surface area contributed by atoms with E-state index in [-0.39, 0.29) is 5.97 Å². The number of aromatic nitrogens is 1. The lowest BCUT2D eigenvalue weighted by molar-refractivity contribution is -0.141. The molecule has 1 heterocycles. The molecular weight excluding hydrogens is 248 g/mol. The molecule has 4 nitrogen and oxygen atoms in total. The number of anilines is 1. The van der Waals surface area contributed by atoms with E-state index in [9.17, 15) is 4.79 Å². The number of benzene rings is 1. The first-order valence-corrected chi connectivity index (χ1v) is 6.38. The van der Waals surface area contributed by atoms with Crippen LogP contribution in [0.3, 0.4) is 0 Å². The molecule has 18 heavy (non-hydrogen) atoms. The van der Waals surface area contributed by atoms with Crippen molar-refractivity contribution in [1.82, 2.24) is 4.98 Å². The molecule has 0 fully saturated rings. The Hall–Kier alpha value is -1.88. The zero-order valence-electron chi connectivity index (χ0n) is 10.2. The summed E-state index contributed by atoms with van der Waals surface area (Å²) >= 11 is 1.43. The van der Waals surface area contributed by atoms with Gasteiger partial charge in [0.2, 0.25) is 0 Å². The molecular formula is C13H14N2O2S. The van der Waals surface area contributed by atoms with E-state index in [0.717, 1.165) is 16.1 Å². The van der Waals surface area contributed by atoms with Crippen LogP contribution in [-0.4, -0.2) is 18.1 Å². The Labute approximate surface area is 110 Å². The minimum Gasteiger partial charge on any atom is -0.467 e. The van der Waals surface area contributed by atoms with Gasteiger partial charge in [-0.15, -0.1) is 11.3 Å². The van der Waals surface area contributed by atoms with E-state index in [0.29, 0.717) is 0 Å². The fraction of sp³-hybridized carbons (Fsp3) is 0.231. The molecule has 0 aliphatic carbocycles. The predicted molar refractivity (Wildman–Crippen MR) is 71.7 cm³/mol. The van der Waals surface area contributed by atoms with Gasteiger partial charge in [-0.25, -0.2) is 4.79 Å². The van der Waals surface area contributed by atoms with Crippen LogP contribution >= 0.6 is 11.3 Å². The molecule has 2 rings (SSSR count). The summed E-state index contributed by atoms with van der Waals surface area (Å²) in [6, 6.07) is 7.30. The van der Waals surface area contributed by atoms with Gasteiger partial charge in [-0.2, -0.15) is 0 Å². The summed E-state index contributed by atoms with van der Waals surface area (Å²) in [5.41, 5.74) is 3.70. The number of methoxy groups -OCH3 is 1. The number of hydrogen-bond donors (Lipinski definition) is 1. The van der Waals surface area contributed by atoms with Crippen molar-refractivity contribution in [2.45, 2.75) is 13.0 Å². The molecule has 1 aromatic heterocycles. The zero-order valence-corrected chi connectivity index (χ0v) is 11.0. The van der Waals surface area contributed by atoms with Crippen molar-refractivity contribution in [2.24, 2.45) is 0 Å². The van der Waals surface area contributed by atoms with E-state index in [2.05, 4.69) is 10.3 Å². The Morgan fingerprint density at radius 1 is 1.44 bits per heavy atom. The number of carbonyl (C=O) groups excluding carboxylic acids is 1. The largest absolute Gasteiger partial charge is 0.467 e. The maximum Gasteiger partial charge on any atom is 0.333 e. The van der Waals surface area contributed by atoms with Crippen molar-refractivity contribution in [2.75, 3.05) is 12.4 Å². The van der Waals surface area contributed by atoms with E-state index in [1.165, 1.54) is 18.4 Å². The molecule has 1 N–H and O–H groups in total. The molecule has 1 unspecified atom stereocenters. The average molecular weight is 262 g/mol. The molecule has 0 amide bonds. The Morgan fingerprint density at radius 3 is 2.83 bits per heavy atom. The molecule has 0 radical (unpaired) electrons. The molecule has 0 spiro atoms. The minimum atomic E-state index is -0.511. The van der Waals surface area contributed by atoms with Gasteiger partial charge >= 0.3 is 5.97 Å². The number of ether oxygens (including phenoxy) is 1. The number of para-hydroxylation sites is 1. The van der Waals surface area contributed by atoms with Gasteiger partial charge in [0.05, 0.1) is 17.5 Å². The number of nitrogens with zero attached hydrogens (tertiary/aromatic N) is 1. The normalized spacial score (nSPS) is 11.9. The Morgan fingerprint density at radius 2 is 2.22 bits per heavy atom. The average Bonchev–Trinajstić information content (AvgIpc) is 2.90. The molecule has 5 heteroatoms. The van der Waals surface area contributed by atoms with E-state index in [1.807, 2.05) is 31.2 Å². The first kappa shape index (κ1) is 12.6. The van der Waals surface area contributed by atoms with Gasteiger partial charge in [0.15, 0.2) is 6.04 Å². The fourth-order valence-electron chi connectivity index (χ4n) is 1.62. The first-order chi connectivity index (χ1) is 8.72. The van der Waals surface area contributed by atoms with Crippen molar-refractivity contribution < 1.29 is 9.53 Å². The molecule has 0 aliphatic heterocycles. The van der Waals surface area contributed by atoms with Gasteiger partial charge in [-0.3, -0.25) is 4.98 Å². The quantitative estimate of drug-likeness (QED) is 0.861. The summed E-state index contributed by atoms with van der Waals surface area (Å²) in [4.78, 5) is 16.7. The lowest BCUT2D eigenvalue weighted by Crippen LogP contribution is -2.21. The molecule has 2 aromatic rings. The third kappa shape index (κ3) is 2.68. The highest BCUT2D eigenvalue weighted by atomic mass is 32.1. The smallest absolute Gasteiger partial charge is 0.333 e. The van der Waals surface area contributed by atoms with E-state index in [1.54, 1.807) is 11.7 Å². The van der Waals surface area contributed by atoms with Gasteiger partial charge in [0, 0.05) is 11.9 Å². The van der Waals surface area contributed by atoms with Gasteiger partial charge in [-0.1, -0.05) is 18.2 Å². The molecule has 0 saturated carbocycles. The summed E-state index contributed by atoms with van der Waals surface area (Å²) in [7, 11) is 1.38. The third-order valence-corrected chi connectivity index (χ3v) is 3.46. The lowest BCUT2D eigenvalue weighted by atomic mass is 10.1. The Kier molecular flexibility index (Phi) is 3.94. The highest BCUT2D eigenvalue weighted by molar-refractivity contribution is 7.09. The van der Waals surface area contributed by atoms with E-state index in [4.69, 9.17) is 4.74 Å². The second kappa shape index (κ2) is 5.64. The molecule has 0 bridgehead atoms. The SMILES string of the molecule is COC(=O)C(Nc1ccccc1C)c1cncs1. The topological polar surface area (TPSA) is 51.2 Å². The van der Waals surface area contributed by atoms with Crippen LogP contribution in [-0.2, 0) is 9.53 Å². The molecule has 1 atom stereocenters. The van der Waals surface area contributed by atoms with Crippen molar-refractivity contribution >= 4 is 23.0 Å². The van der Waals surface area contributed by atoms with Crippen LogP contribution in [0.5, 0.6) is 0 Å². The number of nitrogens with one attached hydrogen (secondary N) is 1. The van der Waals surface area contributed by atoms with Crippen LogP contribution in [0.15, 0.2) is 36.0 Å². The summed E-state index contributed by atoms with van der Waals surface area (Å²) < 4.78 is 4.83. The summed E-state index contributed by atoms with van der Waals surface area (Å²) in [6.07, 6.45) is 1.68. The molecule has 1 aromatic carbocycles. The van der Waals surface area contributed by atoms with Crippen LogP contribution in [0.2, 0.25) is 0 Å². The number of thiazole rings is 1. The van der Waals surface area contributed by atoms with Crippen LogP contribution in [0.1, 0.15) is 16.5 Å². The van der Waals surface area contributed by atoms with Crippen molar-refractivity contribution in [1.29, 1.82) is 0 Å². The number of rotatable bonds is 4. The van der Waals surface area contributed by atoms with Gasteiger partial charge in [0.25, 0.3) is 0 Å². The van der Waals surface area contributed by atoms with Crippen LogP contribution in [0.25, 0.3) is 0 Å². The number of aryl methyl sites for hydroxylation is 1. The zero-order chi connectivity index (χ0) is 13.0. The van der Waals surface area contributed by atoms with E-state index >= 15 is 0 Å². The number of esters is 1. The van der Waals surface area contributed by atoms with Crippen LogP contribution in [0, 0.1) is 6.92 Å². The minimum absolute atomic E-state index is 0.317. The maximum absolute atomic E-state index is 11.8. The molecule has 0 aliphatic rings. The highest BCUT2D eigenvalue weighted by Crippen LogP contribution is 2.25. The lowest BCUT2D eigenvalue weighted by Gasteiger charge is -2.17. The maximum atomic E-state index is 11.8. The molecule has 94 valence electrons. The predicted octanol–water partition coefficient (Wildman–Crippen LogP) is 2.78. The second-order valence-corrected chi connectivity index (χ2v) is 4.74. The number of carbonyl (C=O) groups is 1. The summed E-state index contributed by atoms with van der Waals surface area (Å²) in [5.74, 6) is -0.317. The van der Waals surface area contributed by atoms with Crippen molar-refractivity contribution in [3.05, 3.63) is 46.4 Å². The fourth-order valence-corrected chi connectivity index (χ4v) is 2.28. The molecule has 0 saturated heterocycles.